The third-order valence-electron chi connectivity index (χ3n) is 4.87. The van der Waals surface area contributed by atoms with Gasteiger partial charge < -0.3 is 10.1 Å². The Hall–Kier alpha value is -3.21. The summed E-state index contributed by atoms with van der Waals surface area (Å²) in [5.74, 6) is 1.81. The number of nitrogens with one attached hydrogen (secondary N) is 1. The first kappa shape index (κ1) is 17.2. The molecule has 5 heteroatoms. The van der Waals surface area contributed by atoms with Crippen molar-refractivity contribution in [2.24, 2.45) is 5.92 Å². The average molecular weight is 359 g/mol. The molecule has 0 radical (unpaired) electrons. The Morgan fingerprint density at radius 1 is 1.15 bits per heavy atom. The van der Waals surface area contributed by atoms with Crippen molar-refractivity contribution >= 4 is 11.6 Å². The Morgan fingerprint density at radius 2 is 2.00 bits per heavy atom. The van der Waals surface area contributed by atoms with Crippen LogP contribution in [0.5, 0.6) is 5.75 Å². The van der Waals surface area contributed by atoms with Gasteiger partial charge in [-0.1, -0.05) is 30.3 Å². The SMILES string of the molecule is COc1ccccc1C1CC1C(=O)Nc1cccc(-c2ccnc(C)n2)c1. The van der Waals surface area contributed by atoms with E-state index in [1.54, 1.807) is 13.3 Å². The number of carbonyl (C=O) groups excluding carboxylic acids is 1. The maximum Gasteiger partial charge on any atom is 0.228 e. The summed E-state index contributed by atoms with van der Waals surface area (Å²) in [6.07, 6.45) is 2.59. The number of anilines is 1. The molecule has 1 N–H and O–H groups in total. The molecule has 0 bridgehead atoms. The van der Waals surface area contributed by atoms with E-state index in [9.17, 15) is 4.79 Å². The van der Waals surface area contributed by atoms with Gasteiger partial charge >= 0.3 is 0 Å². The molecule has 0 spiro atoms. The van der Waals surface area contributed by atoms with Gasteiger partial charge in [0.15, 0.2) is 0 Å². The molecule has 1 aliphatic carbocycles. The van der Waals surface area contributed by atoms with E-state index in [-0.39, 0.29) is 17.7 Å². The number of hydrogen-bond acceptors (Lipinski definition) is 4. The van der Waals surface area contributed by atoms with Gasteiger partial charge in [-0.25, -0.2) is 9.97 Å². The molecule has 4 rings (SSSR count). The smallest absolute Gasteiger partial charge is 0.228 e. The zero-order valence-electron chi connectivity index (χ0n) is 15.3. The molecule has 5 nitrogen and oxygen atoms in total. The summed E-state index contributed by atoms with van der Waals surface area (Å²) >= 11 is 0. The van der Waals surface area contributed by atoms with E-state index in [0.29, 0.717) is 0 Å². The van der Waals surface area contributed by atoms with Crippen LogP contribution in [0.2, 0.25) is 0 Å². The second-order valence-corrected chi connectivity index (χ2v) is 6.75. The molecular formula is C22H21N3O2. The minimum absolute atomic E-state index is 0.0220. The van der Waals surface area contributed by atoms with Gasteiger partial charge in [-0.2, -0.15) is 0 Å². The minimum Gasteiger partial charge on any atom is -0.496 e. The molecule has 1 heterocycles. The van der Waals surface area contributed by atoms with Gasteiger partial charge in [-0.05, 0) is 49.1 Å². The standard InChI is InChI=1S/C22H21N3O2/c1-14-23-11-10-20(24-14)15-6-5-7-16(12-15)25-22(26)19-13-18(19)17-8-3-4-9-21(17)27-2/h3-12,18-19H,13H2,1-2H3,(H,25,26). The van der Waals surface area contributed by atoms with Gasteiger partial charge in [0.05, 0.1) is 12.8 Å². The molecule has 27 heavy (non-hydrogen) atoms. The maximum absolute atomic E-state index is 12.7. The van der Waals surface area contributed by atoms with Crippen molar-refractivity contribution in [1.29, 1.82) is 0 Å². The number of hydrogen-bond donors (Lipinski definition) is 1. The largest absolute Gasteiger partial charge is 0.496 e. The average Bonchev–Trinajstić information content (AvgIpc) is 3.49. The first-order valence-electron chi connectivity index (χ1n) is 8.99. The molecule has 2 atom stereocenters. The number of benzene rings is 2. The van der Waals surface area contributed by atoms with E-state index in [0.717, 1.165) is 40.5 Å². The van der Waals surface area contributed by atoms with Crippen LogP contribution in [0.15, 0.2) is 60.8 Å². The van der Waals surface area contributed by atoms with Gasteiger partial charge in [0, 0.05) is 23.4 Å². The summed E-state index contributed by atoms with van der Waals surface area (Å²) in [6.45, 7) is 1.86. The Bertz CT molecular complexity index is 987. The lowest BCUT2D eigenvalue weighted by Gasteiger charge is -2.09. The van der Waals surface area contributed by atoms with Gasteiger partial charge in [0.1, 0.15) is 11.6 Å². The summed E-state index contributed by atoms with van der Waals surface area (Å²) in [5, 5.41) is 3.04. The fraction of sp³-hybridized carbons (Fsp3) is 0.227. The van der Waals surface area contributed by atoms with Gasteiger partial charge in [0.25, 0.3) is 0 Å². The van der Waals surface area contributed by atoms with E-state index in [1.165, 1.54) is 0 Å². The quantitative estimate of drug-likeness (QED) is 0.741. The molecular weight excluding hydrogens is 338 g/mol. The number of para-hydroxylation sites is 1. The molecule has 0 saturated heterocycles. The Kier molecular flexibility index (Phi) is 4.59. The Balaban J connectivity index is 1.47. The summed E-state index contributed by atoms with van der Waals surface area (Å²) in [7, 11) is 1.66. The number of ether oxygens (including phenoxy) is 1. The Labute approximate surface area is 158 Å². The van der Waals surface area contributed by atoms with Crippen LogP contribution in [0.3, 0.4) is 0 Å². The molecule has 1 aliphatic rings. The highest BCUT2D eigenvalue weighted by Crippen LogP contribution is 2.50. The monoisotopic (exact) mass is 359 g/mol. The van der Waals surface area contributed by atoms with E-state index in [1.807, 2.05) is 61.5 Å². The number of rotatable bonds is 5. The molecule has 1 fully saturated rings. The number of nitrogens with zero attached hydrogens (tertiary/aromatic N) is 2. The topological polar surface area (TPSA) is 64.1 Å². The van der Waals surface area contributed by atoms with E-state index >= 15 is 0 Å². The second-order valence-electron chi connectivity index (χ2n) is 6.75. The number of aromatic nitrogens is 2. The normalized spacial score (nSPS) is 18.0. The highest BCUT2D eigenvalue weighted by atomic mass is 16.5. The van der Waals surface area contributed by atoms with Crippen LogP contribution in [0.25, 0.3) is 11.3 Å². The van der Waals surface area contributed by atoms with Crippen molar-refractivity contribution in [3.63, 3.8) is 0 Å². The van der Waals surface area contributed by atoms with Crippen molar-refractivity contribution in [3.8, 4) is 17.0 Å². The van der Waals surface area contributed by atoms with Gasteiger partial charge in [-0.3, -0.25) is 4.79 Å². The van der Waals surface area contributed by atoms with E-state index < -0.39 is 0 Å². The molecule has 1 saturated carbocycles. The third kappa shape index (κ3) is 3.67. The maximum atomic E-state index is 12.7. The lowest BCUT2D eigenvalue weighted by molar-refractivity contribution is -0.117. The summed E-state index contributed by atoms with van der Waals surface area (Å²) in [4.78, 5) is 21.3. The highest BCUT2D eigenvalue weighted by Gasteiger charge is 2.45. The first-order chi connectivity index (χ1) is 13.2. The van der Waals surface area contributed by atoms with Crippen LogP contribution in [-0.2, 0) is 4.79 Å². The molecule has 1 amide bonds. The van der Waals surface area contributed by atoms with Crippen LogP contribution < -0.4 is 10.1 Å². The van der Waals surface area contributed by atoms with Gasteiger partial charge in [-0.15, -0.1) is 0 Å². The number of methoxy groups -OCH3 is 1. The van der Waals surface area contributed by atoms with Crippen LogP contribution in [0.1, 0.15) is 23.7 Å². The minimum atomic E-state index is -0.0220. The lowest BCUT2D eigenvalue weighted by Crippen LogP contribution is -2.14. The second kappa shape index (κ2) is 7.19. The van der Waals surface area contributed by atoms with Crippen molar-refractivity contribution in [3.05, 3.63) is 72.2 Å². The molecule has 2 aromatic carbocycles. The van der Waals surface area contributed by atoms with Crippen LogP contribution >= 0.6 is 0 Å². The number of carbonyl (C=O) groups is 1. The molecule has 136 valence electrons. The highest BCUT2D eigenvalue weighted by molar-refractivity contribution is 5.95. The Morgan fingerprint density at radius 3 is 2.81 bits per heavy atom. The summed E-state index contributed by atoms with van der Waals surface area (Å²) in [6, 6.07) is 17.5. The van der Waals surface area contributed by atoms with E-state index in [2.05, 4.69) is 15.3 Å². The van der Waals surface area contributed by atoms with Crippen molar-refractivity contribution < 1.29 is 9.53 Å². The fourth-order valence-corrected chi connectivity index (χ4v) is 3.41. The van der Waals surface area contributed by atoms with Crippen LogP contribution in [0, 0.1) is 12.8 Å². The number of amides is 1. The van der Waals surface area contributed by atoms with Crippen LogP contribution in [-0.4, -0.2) is 23.0 Å². The zero-order valence-corrected chi connectivity index (χ0v) is 15.3. The van der Waals surface area contributed by atoms with Gasteiger partial charge in [0.2, 0.25) is 5.91 Å². The van der Waals surface area contributed by atoms with Crippen LogP contribution in [0.4, 0.5) is 5.69 Å². The molecule has 3 aromatic rings. The lowest BCUT2D eigenvalue weighted by atomic mass is 10.1. The van der Waals surface area contributed by atoms with E-state index in [4.69, 9.17) is 4.74 Å². The number of aryl methyl sites for hydroxylation is 1. The predicted octanol–water partition coefficient (Wildman–Crippen LogP) is 4.20. The zero-order chi connectivity index (χ0) is 18.8. The molecule has 1 aromatic heterocycles. The van der Waals surface area contributed by atoms with Crippen molar-refractivity contribution in [2.45, 2.75) is 19.3 Å². The predicted molar refractivity (Wildman–Crippen MR) is 105 cm³/mol. The third-order valence-corrected chi connectivity index (χ3v) is 4.87. The molecule has 0 aliphatic heterocycles. The first-order valence-corrected chi connectivity index (χ1v) is 8.99. The summed E-state index contributed by atoms with van der Waals surface area (Å²) in [5.41, 5.74) is 3.68. The summed E-state index contributed by atoms with van der Waals surface area (Å²) < 4.78 is 5.42. The fourth-order valence-electron chi connectivity index (χ4n) is 3.41. The molecule has 2 unspecified atom stereocenters. The van der Waals surface area contributed by atoms with Crippen molar-refractivity contribution in [1.82, 2.24) is 9.97 Å². The van der Waals surface area contributed by atoms with Crippen molar-refractivity contribution in [2.75, 3.05) is 12.4 Å².